The molecular formula is C35H55FO2. The van der Waals surface area contributed by atoms with E-state index in [9.17, 15) is 9.18 Å². The van der Waals surface area contributed by atoms with Crippen molar-refractivity contribution in [3.8, 4) is 5.75 Å². The third-order valence-corrected chi connectivity index (χ3v) is 10.6. The number of hydrogen-bond donors (Lipinski definition) is 0. The summed E-state index contributed by atoms with van der Waals surface area (Å²) in [6.07, 6.45) is 25.3. The van der Waals surface area contributed by atoms with E-state index in [-0.39, 0.29) is 23.5 Å². The molecular weight excluding hydrogens is 471 g/mol. The van der Waals surface area contributed by atoms with Crippen molar-refractivity contribution < 1.29 is 13.9 Å². The molecule has 214 valence electrons. The number of rotatable bonds is 12. The Bertz CT molecular complexity index is 826. The van der Waals surface area contributed by atoms with Gasteiger partial charge in [-0.1, -0.05) is 97.0 Å². The molecule has 0 spiro atoms. The first-order valence-corrected chi connectivity index (χ1v) is 16.6. The number of hydrogen-bond acceptors (Lipinski definition) is 2. The standard InChI is InChI=1S/C35H55FO2/c1-3-5-6-8-27-15-18-30(19-16-27)31-20-22-32(23-21-31)35(37)38-34-24-17-29(25-33(34)36)14-13-28-11-9-26(7-4-2)10-12-28/h17,24-28,30-32H,3-16,18-23H2,1-2H3. The SMILES string of the molecule is CCCCCC1CCC(C2CCC(C(=O)Oc3ccc(CCC4CCC(CCC)CC4)cc3F)CC2)CC1. The summed E-state index contributed by atoms with van der Waals surface area (Å²) in [4.78, 5) is 12.9. The van der Waals surface area contributed by atoms with E-state index in [1.54, 1.807) is 12.1 Å². The van der Waals surface area contributed by atoms with E-state index in [1.807, 2.05) is 6.07 Å². The lowest BCUT2D eigenvalue weighted by Crippen LogP contribution is -2.30. The minimum atomic E-state index is -0.383. The van der Waals surface area contributed by atoms with Gasteiger partial charge >= 0.3 is 5.97 Å². The first-order chi connectivity index (χ1) is 18.6. The Morgan fingerprint density at radius 3 is 1.92 bits per heavy atom. The summed E-state index contributed by atoms with van der Waals surface area (Å²) in [6, 6.07) is 5.25. The Hall–Kier alpha value is -1.38. The summed E-state index contributed by atoms with van der Waals surface area (Å²) in [5.41, 5.74) is 1.03. The topological polar surface area (TPSA) is 26.3 Å². The van der Waals surface area contributed by atoms with Gasteiger partial charge in [0, 0.05) is 0 Å². The fraction of sp³-hybridized carbons (Fsp3) is 0.800. The molecule has 0 unspecified atom stereocenters. The lowest BCUT2D eigenvalue weighted by atomic mass is 9.68. The highest BCUT2D eigenvalue weighted by molar-refractivity contribution is 5.75. The molecule has 0 amide bonds. The second-order valence-corrected chi connectivity index (χ2v) is 13.3. The predicted molar refractivity (Wildman–Crippen MR) is 156 cm³/mol. The van der Waals surface area contributed by atoms with Gasteiger partial charge in [0.25, 0.3) is 0 Å². The Morgan fingerprint density at radius 1 is 0.737 bits per heavy atom. The van der Waals surface area contributed by atoms with E-state index in [4.69, 9.17) is 4.74 Å². The van der Waals surface area contributed by atoms with E-state index in [1.165, 1.54) is 89.9 Å². The zero-order valence-electron chi connectivity index (χ0n) is 24.5. The molecule has 3 aliphatic rings. The van der Waals surface area contributed by atoms with Gasteiger partial charge in [-0.3, -0.25) is 4.79 Å². The van der Waals surface area contributed by atoms with Gasteiger partial charge in [0.2, 0.25) is 0 Å². The minimum Gasteiger partial charge on any atom is -0.423 e. The van der Waals surface area contributed by atoms with Gasteiger partial charge in [-0.2, -0.15) is 0 Å². The molecule has 38 heavy (non-hydrogen) atoms. The molecule has 0 N–H and O–H groups in total. The van der Waals surface area contributed by atoms with Crippen molar-refractivity contribution in [2.24, 2.45) is 35.5 Å². The summed E-state index contributed by atoms with van der Waals surface area (Å²) >= 11 is 0. The first kappa shape index (κ1) is 29.6. The van der Waals surface area contributed by atoms with Crippen LogP contribution in [0.15, 0.2) is 18.2 Å². The van der Waals surface area contributed by atoms with Crippen molar-refractivity contribution >= 4 is 5.97 Å². The summed E-state index contributed by atoms with van der Waals surface area (Å²) < 4.78 is 20.4. The molecule has 3 saturated carbocycles. The van der Waals surface area contributed by atoms with Crippen molar-refractivity contribution in [2.45, 2.75) is 142 Å². The molecule has 1 aromatic rings. The molecule has 0 bridgehead atoms. The smallest absolute Gasteiger partial charge is 0.314 e. The van der Waals surface area contributed by atoms with Crippen LogP contribution in [0.5, 0.6) is 5.75 Å². The Kier molecular flexibility index (Phi) is 12.0. The van der Waals surface area contributed by atoms with E-state index >= 15 is 0 Å². The van der Waals surface area contributed by atoms with E-state index in [2.05, 4.69) is 13.8 Å². The number of ether oxygens (including phenoxy) is 1. The van der Waals surface area contributed by atoms with Crippen molar-refractivity contribution in [1.82, 2.24) is 0 Å². The van der Waals surface area contributed by atoms with E-state index in [0.29, 0.717) is 0 Å². The number of halogens is 1. The fourth-order valence-corrected chi connectivity index (χ4v) is 8.02. The predicted octanol–water partition coefficient (Wildman–Crippen LogP) is 10.5. The van der Waals surface area contributed by atoms with Gasteiger partial charge in [0.05, 0.1) is 5.92 Å². The molecule has 2 nitrogen and oxygen atoms in total. The van der Waals surface area contributed by atoms with Crippen LogP contribution in [0.25, 0.3) is 0 Å². The third kappa shape index (κ3) is 8.82. The van der Waals surface area contributed by atoms with Gasteiger partial charge in [-0.15, -0.1) is 0 Å². The molecule has 1 aromatic carbocycles. The highest BCUT2D eigenvalue weighted by atomic mass is 19.1. The largest absolute Gasteiger partial charge is 0.423 e. The van der Waals surface area contributed by atoms with Crippen molar-refractivity contribution in [1.29, 1.82) is 0 Å². The summed E-state index contributed by atoms with van der Waals surface area (Å²) in [6.45, 7) is 4.57. The van der Waals surface area contributed by atoms with Crippen molar-refractivity contribution in [2.75, 3.05) is 0 Å². The zero-order chi connectivity index (χ0) is 26.7. The van der Waals surface area contributed by atoms with Crippen LogP contribution in [0.3, 0.4) is 0 Å². The maximum absolute atomic E-state index is 14.8. The molecule has 0 radical (unpaired) electrons. The molecule has 0 aliphatic heterocycles. The molecule has 3 fully saturated rings. The first-order valence-electron chi connectivity index (χ1n) is 16.6. The van der Waals surface area contributed by atoms with Gasteiger partial charge < -0.3 is 4.74 Å². The second kappa shape index (κ2) is 15.4. The van der Waals surface area contributed by atoms with E-state index in [0.717, 1.165) is 73.7 Å². The monoisotopic (exact) mass is 526 g/mol. The average molecular weight is 527 g/mol. The fourth-order valence-electron chi connectivity index (χ4n) is 8.02. The average Bonchev–Trinajstić information content (AvgIpc) is 2.95. The van der Waals surface area contributed by atoms with Gasteiger partial charge in [-0.25, -0.2) is 4.39 Å². The second-order valence-electron chi connectivity index (χ2n) is 13.3. The number of esters is 1. The molecule has 0 atom stereocenters. The molecule has 4 rings (SSSR count). The van der Waals surface area contributed by atoms with Crippen LogP contribution in [0.4, 0.5) is 4.39 Å². The minimum absolute atomic E-state index is 0.0708. The normalized spacial score (nSPS) is 30.2. The van der Waals surface area contributed by atoms with Crippen LogP contribution in [0.1, 0.15) is 141 Å². The highest BCUT2D eigenvalue weighted by Gasteiger charge is 2.33. The highest BCUT2D eigenvalue weighted by Crippen LogP contribution is 2.42. The number of unbranched alkanes of at least 4 members (excludes halogenated alkanes) is 2. The third-order valence-electron chi connectivity index (χ3n) is 10.6. The quantitative estimate of drug-likeness (QED) is 0.154. The summed E-state index contributed by atoms with van der Waals surface area (Å²) in [5, 5.41) is 0. The maximum atomic E-state index is 14.8. The van der Waals surface area contributed by atoms with Crippen LogP contribution in [-0.2, 0) is 11.2 Å². The number of benzene rings is 1. The summed E-state index contributed by atoms with van der Waals surface area (Å²) in [7, 11) is 0. The lowest BCUT2D eigenvalue weighted by Gasteiger charge is -2.37. The number of carbonyl (C=O) groups excluding carboxylic acids is 1. The van der Waals surface area contributed by atoms with Crippen LogP contribution in [0.2, 0.25) is 0 Å². The lowest BCUT2D eigenvalue weighted by molar-refractivity contribution is -0.140. The molecule has 0 heterocycles. The number of aryl methyl sites for hydroxylation is 1. The van der Waals surface area contributed by atoms with Crippen molar-refractivity contribution in [3.05, 3.63) is 29.6 Å². The van der Waals surface area contributed by atoms with Crippen molar-refractivity contribution in [3.63, 3.8) is 0 Å². The number of carbonyl (C=O) groups is 1. The van der Waals surface area contributed by atoms with Crippen LogP contribution in [-0.4, -0.2) is 5.97 Å². The Labute approximate surface area is 232 Å². The zero-order valence-corrected chi connectivity index (χ0v) is 24.5. The van der Waals surface area contributed by atoms with Crippen LogP contribution < -0.4 is 4.74 Å². The van der Waals surface area contributed by atoms with Gasteiger partial charge in [0.1, 0.15) is 0 Å². The Morgan fingerprint density at radius 2 is 1.32 bits per heavy atom. The maximum Gasteiger partial charge on any atom is 0.314 e. The summed E-state index contributed by atoms with van der Waals surface area (Å²) in [5.74, 6) is 3.72. The molecule has 0 saturated heterocycles. The Balaban J connectivity index is 1.15. The van der Waals surface area contributed by atoms with E-state index < -0.39 is 0 Å². The molecule has 3 heteroatoms. The molecule has 0 aromatic heterocycles. The van der Waals surface area contributed by atoms with Crippen LogP contribution in [0, 0.1) is 41.3 Å². The van der Waals surface area contributed by atoms with Gasteiger partial charge in [0.15, 0.2) is 11.6 Å². The molecule has 3 aliphatic carbocycles. The van der Waals surface area contributed by atoms with Crippen LogP contribution >= 0.6 is 0 Å². The van der Waals surface area contributed by atoms with Gasteiger partial charge in [-0.05, 0) is 98.7 Å².